The largest absolute Gasteiger partial charge is 0.480 e. The van der Waals surface area contributed by atoms with Crippen LogP contribution in [0.4, 0.5) is 18.0 Å². The number of benzene rings is 3. The molecule has 5 nitrogen and oxygen atoms in total. The predicted octanol–water partition coefficient (Wildman–Crippen LogP) is 6.36. The normalized spacial score (nSPS) is 13.6. The average molecular weight is 498 g/mol. The van der Waals surface area contributed by atoms with Crippen LogP contribution in [0.15, 0.2) is 72.8 Å². The van der Waals surface area contributed by atoms with E-state index in [1.54, 1.807) is 6.92 Å². The summed E-state index contributed by atoms with van der Waals surface area (Å²) in [6, 6.07) is 18.8. The molecule has 0 heterocycles. The Bertz CT molecular complexity index is 1190. The predicted molar refractivity (Wildman–Crippen MR) is 129 cm³/mol. The number of alkyl halides is 3. The Morgan fingerprint density at radius 3 is 2.00 bits per heavy atom. The van der Waals surface area contributed by atoms with Crippen molar-refractivity contribution in [3.05, 3.63) is 95.1 Å². The number of fused-ring (bicyclic) bond motifs is 3. The summed E-state index contributed by atoms with van der Waals surface area (Å²) in [7, 11) is 0. The van der Waals surface area contributed by atoms with Crippen LogP contribution >= 0.6 is 0 Å². The molecule has 36 heavy (non-hydrogen) atoms. The highest BCUT2D eigenvalue weighted by atomic mass is 19.4. The van der Waals surface area contributed by atoms with E-state index in [0.29, 0.717) is 12.0 Å². The average Bonchev–Trinajstić information content (AvgIpc) is 3.18. The topological polar surface area (TPSA) is 66.8 Å². The van der Waals surface area contributed by atoms with E-state index >= 15 is 0 Å². The Kier molecular flexibility index (Phi) is 7.33. The van der Waals surface area contributed by atoms with Gasteiger partial charge < -0.3 is 9.84 Å². The van der Waals surface area contributed by atoms with Crippen LogP contribution in [0.3, 0.4) is 0 Å². The molecule has 0 spiro atoms. The molecule has 0 saturated carbocycles. The van der Waals surface area contributed by atoms with Gasteiger partial charge in [0.2, 0.25) is 0 Å². The molecule has 3 aromatic carbocycles. The first kappa shape index (κ1) is 25.3. The summed E-state index contributed by atoms with van der Waals surface area (Å²) in [5.41, 5.74) is 3.78. The highest BCUT2D eigenvalue weighted by molar-refractivity contribution is 5.81. The van der Waals surface area contributed by atoms with E-state index < -0.39 is 29.8 Å². The highest BCUT2D eigenvalue weighted by Gasteiger charge is 2.34. The molecule has 1 aliphatic rings. The number of rotatable bonds is 8. The van der Waals surface area contributed by atoms with Crippen LogP contribution < -0.4 is 0 Å². The summed E-state index contributed by atoms with van der Waals surface area (Å²) in [6.45, 7) is 1.98. The fraction of sp³-hybridized carbons (Fsp3) is 0.286. The minimum Gasteiger partial charge on any atom is -0.480 e. The first-order valence-corrected chi connectivity index (χ1v) is 11.7. The van der Waals surface area contributed by atoms with Crippen LogP contribution in [-0.2, 0) is 22.1 Å². The second-order valence-electron chi connectivity index (χ2n) is 8.75. The van der Waals surface area contributed by atoms with E-state index in [1.807, 2.05) is 48.5 Å². The zero-order valence-corrected chi connectivity index (χ0v) is 19.7. The van der Waals surface area contributed by atoms with Crippen LogP contribution in [0.2, 0.25) is 0 Å². The molecule has 1 amide bonds. The summed E-state index contributed by atoms with van der Waals surface area (Å²) >= 11 is 0. The molecule has 0 aromatic heterocycles. The summed E-state index contributed by atoms with van der Waals surface area (Å²) < 4.78 is 44.3. The Morgan fingerprint density at radius 2 is 1.50 bits per heavy atom. The van der Waals surface area contributed by atoms with Gasteiger partial charge in [-0.1, -0.05) is 67.6 Å². The molecule has 0 saturated heterocycles. The zero-order chi connectivity index (χ0) is 25.9. The van der Waals surface area contributed by atoms with Crippen molar-refractivity contribution < 1.29 is 32.6 Å². The third-order valence-corrected chi connectivity index (χ3v) is 6.41. The Morgan fingerprint density at radius 1 is 0.944 bits per heavy atom. The van der Waals surface area contributed by atoms with Gasteiger partial charge in [0, 0.05) is 18.9 Å². The van der Waals surface area contributed by atoms with Crippen molar-refractivity contribution in [1.29, 1.82) is 0 Å². The van der Waals surface area contributed by atoms with Crippen LogP contribution in [0.5, 0.6) is 0 Å². The number of carboxylic acid groups (broad SMARTS) is 1. The smallest absolute Gasteiger partial charge is 0.416 e. The summed E-state index contributed by atoms with van der Waals surface area (Å²) in [5.74, 6) is -1.43. The number of carbonyl (C=O) groups excluding carboxylic acids is 1. The number of aliphatic carboxylic acids is 1. The molecule has 0 fully saturated rings. The van der Waals surface area contributed by atoms with E-state index in [2.05, 4.69) is 0 Å². The molecule has 0 radical (unpaired) electrons. The van der Waals surface area contributed by atoms with Crippen LogP contribution in [0.25, 0.3) is 11.1 Å². The second kappa shape index (κ2) is 10.4. The molecular formula is C28H26F3NO4. The number of carboxylic acids is 1. The fourth-order valence-corrected chi connectivity index (χ4v) is 4.68. The molecular weight excluding hydrogens is 471 g/mol. The van der Waals surface area contributed by atoms with Gasteiger partial charge >= 0.3 is 18.2 Å². The molecule has 1 N–H and O–H groups in total. The minimum absolute atomic E-state index is 0.0414. The first-order valence-electron chi connectivity index (χ1n) is 11.7. The van der Waals surface area contributed by atoms with Crippen molar-refractivity contribution in [2.45, 2.75) is 37.9 Å². The Labute approximate surface area is 207 Å². The van der Waals surface area contributed by atoms with Crippen molar-refractivity contribution in [3.63, 3.8) is 0 Å². The van der Waals surface area contributed by atoms with Crippen LogP contribution in [0.1, 0.15) is 41.5 Å². The lowest BCUT2D eigenvalue weighted by molar-refractivity contribution is -0.143. The van der Waals surface area contributed by atoms with Crippen LogP contribution in [-0.4, -0.2) is 41.3 Å². The van der Waals surface area contributed by atoms with Crippen molar-refractivity contribution in [2.24, 2.45) is 0 Å². The maximum absolute atomic E-state index is 13.1. The van der Waals surface area contributed by atoms with E-state index in [0.717, 1.165) is 39.3 Å². The molecule has 0 bridgehead atoms. The standard InChI is InChI=1S/C28H26F3NO4/c1-2-15-32(25(26(33)34)16-18-11-13-19(14-12-18)28(29,30)31)27(35)36-17-24-22-9-5-3-7-20(22)21-8-4-6-10-23(21)24/h3-14,24-25H,2,15-17H2,1H3,(H,33,34). The maximum atomic E-state index is 13.1. The van der Waals surface area contributed by atoms with Crippen molar-refractivity contribution in [1.82, 2.24) is 4.90 Å². The zero-order valence-electron chi connectivity index (χ0n) is 19.7. The first-order chi connectivity index (χ1) is 17.2. The molecule has 4 rings (SSSR count). The molecule has 1 atom stereocenters. The van der Waals surface area contributed by atoms with Gasteiger partial charge in [-0.3, -0.25) is 4.90 Å². The Hall–Kier alpha value is -3.81. The van der Waals surface area contributed by atoms with E-state index in [1.165, 1.54) is 12.1 Å². The summed E-state index contributed by atoms with van der Waals surface area (Å²) in [5, 5.41) is 9.87. The number of hydrogen-bond acceptors (Lipinski definition) is 3. The van der Waals surface area contributed by atoms with Gasteiger partial charge in [0.15, 0.2) is 0 Å². The lowest BCUT2D eigenvalue weighted by Gasteiger charge is -2.29. The van der Waals surface area contributed by atoms with Gasteiger partial charge in [0.1, 0.15) is 12.6 Å². The number of halogens is 3. The van der Waals surface area contributed by atoms with Gasteiger partial charge in [-0.2, -0.15) is 13.2 Å². The maximum Gasteiger partial charge on any atom is 0.416 e. The van der Waals surface area contributed by atoms with Gasteiger partial charge in [-0.25, -0.2) is 9.59 Å². The number of carbonyl (C=O) groups is 2. The van der Waals surface area contributed by atoms with Gasteiger partial charge in [0.25, 0.3) is 0 Å². The molecule has 188 valence electrons. The van der Waals surface area contributed by atoms with E-state index in [-0.39, 0.29) is 25.5 Å². The summed E-state index contributed by atoms with van der Waals surface area (Å²) in [4.78, 5) is 26.4. The number of amides is 1. The molecule has 1 aliphatic carbocycles. The third-order valence-electron chi connectivity index (χ3n) is 6.41. The molecule has 8 heteroatoms. The lowest BCUT2D eigenvalue weighted by atomic mass is 9.98. The third kappa shape index (κ3) is 5.22. The Balaban J connectivity index is 1.51. The molecule has 0 aliphatic heterocycles. The second-order valence-corrected chi connectivity index (χ2v) is 8.75. The molecule has 3 aromatic rings. The SMILES string of the molecule is CCCN(C(=O)OCC1c2ccccc2-c2ccccc21)C(Cc1ccc(C(F)(F)F)cc1)C(=O)O. The van der Waals surface area contributed by atoms with Gasteiger partial charge in [-0.05, 0) is 46.4 Å². The lowest BCUT2D eigenvalue weighted by Crippen LogP contribution is -2.47. The summed E-state index contributed by atoms with van der Waals surface area (Å²) in [6.07, 6.45) is -4.91. The number of ether oxygens (including phenoxy) is 1. The van der Waals surface area contributed by atoms with E-state index in [4.69, 9.17) is 4.74 Å². The van der Waals surface area contributed by atoms with Crippen molar-refractivity contribution in [2.75, 3.05) is 13.2 Å². The molecule has 1 unspecified atom stereocenters. The van der Waals surface area contributed by atoms with E-state index in [9.17, 15) is 27.9 Å². The van der Waals surface area contributed by atoms with Gasteiger partial charge in [0.05, 0.1) is 5.56 Å². The fourth-order valence-electron chi connectivity index (χ4n) is 4.68. The van der Waals surface area contributed by atoms with Gasteiger partial charge in [-0.15, -0.1) is 0 Å². The van der Waals surface area contributed by atoms with Crippen molar-refractivity contribution in [3.8, 4) is 11.1 Å². The minimum atomic E-state index is -4.49. The van der Waals surface area contributed by atoms with Crippen LogP contribution in [0, 0.1) is 0 Å². The number of hydrogen-bond donors (Lipinski definition) is 1. The number of nitrogens with zero attached hydrogens (tertiary/aromatic N) is 1. The highest BCUT2D eigenvalue weighted by Crippen LogP contribution is 2.44. The van der Waals surface area contributed by atoms with Crippen molar-refractivity contribution >= 4 is 12.1 Å². The quantitative estimate of drug-likeness (QED) is 0.393. The monoisotopic (exact) mass is 497 g/mol.